The lowest BCUT2D eigenvalue weighted by Gasteiger charge is -2.06. The molecule has 26 heavy (non-hydrogen) atoms. The lowest BCUT2D eigenvalue weighted by atomic mass is 10.2. The number of esters is 2. The fourth-order valence-electron chi connectivity index (χ4n) is 1.88. The third kappa shape index (κ3) is 4.72. The minimum Gasteiger partial charge on any atom is -0.463 e. The van der Waals surface area contributed by atoms with Crippen LogP contribution in [0.2, 0.25) is 0 Å². The van der Waals surface area contributed by atoms with Gasteiger partial charge < -0.3 is 13.9 Å². The first-order valence-electron chi connectivity index (χ1n) is 7.24. The molecule has 1 heterocycles. The molecule has 1 aromatic heterocycles. The van der Waals surface area contributed by atoms with Gasteiger partial charge in [0.2, 0.25) is 15.8 Å². The lowest BCUT2D eigenvalue weighted by Crippen LogP contribution is -2.23. The highest BCUT2D eigenvalue weighted by Crippen LogP contribution is 2.14. The Kier molecular flexibility index (Phi) is 6.16. The van der Waals surface area contributed by atoms with Gasteiger partial charge in [-0.3, -0.25) is 0 Å². The fraction of sp³-hybridized carbons (Fsp3) is 0.176. The van der Waals surface area contributed by atoms with Crippen molar-refractivity contribution in [3.63, 3.8) is 0 Å². The first-order valence-corrected chi connectivity index (χ1v) is 8.73. The number of methoxy groups -OCH3 is 1. The fourth-order valence-corrected chi connectivity index (χ4v) is 2.81. The first kappa shape index (κ1) is 19.2. The second-order valence-corrected chi connectivity index (χ2v) is 6.65. The van der Waals surface area contributed by atoms with Gasteiger partial charge in [-0.25, -0.2) is 18.0 Å². The number of hydrogen-bond acceptors (Lipinski definition) is 7. The highest BCUT2D eigenvalue weighted by atomic mass is 32.2. The Morgan fingerprint density at radius 3 is 2.46 bits per heavy atom. The zero-order valence-electron chi connectivity index (χ0n) is 13.7. The third-order valence-electron chi connectivity index (χ3n) is 3.16. The van der Waals surface area contributed by atoms with Gasteiger partial charge in [-0.05, 0) is 36.4 Å². The van der Waals surface area contributed by atoms with Gasteiger partial charge in [0.25, 0.3) is 0 Å². The zero-order valence-corrected chi connectivity index (χ0v) is 14.5. The molecule has 0 saturated carbocycles. The number of terminal acetylenes is 1. The maximum absolute atomic E-state index is 12.0. The van der Waals surface area contributed by atoms with Crippen LogP contribution < -0.4 is 4.72 Å². The normalized spacial score (nSPS) is 10.8. The van der Waals surface area contributed by atoms with E-state index in [0.717, 1.165) is 0 Å². The van der Waals surface area contributed by atoms with Gasteiger partial charge in [0.1, 0.15) is 12.4 Å². The number of nitrogens with one attached hydrogen (secondary N) is 1. The van der Waals surface area contributed by atoms with Crippen LogP contribution in [0.25, 0.3) is 0 Å². The summed E-state index contributed by atoms with van der Waals surface area (Å²) in [6, 6.07) is 8.03. The lowest BCUT2D eigenvalue weighted by molar-refractivity contribution is 0.0438. The maximum atomic E-state index is 12.0. The molecule has 0 amide bonds. The Labute approximate surface area is 150 Å². The number of benzene rings is 1. The molecule has 1 aromatic carbocycles. The molecule has 0 fully saturated rings. The van der Waals surface area contributed by atoms with E-state index in [1.54, 1.807) is 0 Å². The first-order chi connectivity index (χ1) is 12.4. The van der Waals surface area contributed by atoms with Gasteiger partial charge >= 0.3 is 11.9 Å². The van der Waals surface area contributed by atoms with Gasteiger partial charge in [-0.15, -0.1) is 6.42 Å². The van der Waals surface area contributed by atoms with Crippen molar-refractivity contribution in [2.45, 2.75) is 11.5 Å². The Morgan fingerprint density at radius 1 is 1.15 bits per heavy atom. The summed E-state index contributed by atoms with van der Waals surface area (Å²) in [7, 11) is -2.51. The smallest absolute Gasteiger partial charge is 0.373 e. The van der Waals surface area contributed by atoms with Crippen molar-refractivity contribution in [1.82, 2.24) is 4.72 Å². The number of furan rings is 1. The number of carbonyl (C=O) groups is 2. The Morgan fingerprint density at radius 2 is 1.85 bits per heavy atom. The Hall–Kier alpha value is -3.09. The summed E-state index contributed by atoms with van der Waals surface area (Å²) in [6.45, 7) is -0.331. The van der Waals surface area contributed by atoms with Crippen LogP contribution >= 0.6 is 0 Å². The molecular weight excluding hydrogens is 362 g/mol. The van der Waals surface area contributed by atoms with Crippen molar-refractivity contribution in [2.75, 3.05) is 13.7 Å². The molecule has 8 nitrogen and oxygen atoms in total. The van der Waals surface area contributed by atoms with E-state index in [9.17, 15) is 18.0 Å². The SMILES string of the molecule is C#CCNS(=O)(=O)c1ccc(C(=O)OCc2ccc(C(=O)OC)o2)cc1. The second-order valence-electron chi connectivity index (χ2n) is 4.89. The molecule has 0 bridgehead atoms. The van der Waals surface area contributed by atoms with E-state index in [4.69, 9.17) is 15.6 Å². The van der Waals surface area contributed by atoms with Crippen LogP contribution in [0.3, 0.4) is 0 Å². The molecule has 2 rings (SSSR count). The summed E-state index contributed by atoms with van der Waals surface area (Å²) >= 11 is 0. The average molecular weight is 377 g/mol. The molecule has 0 aliphatic rings. The number of rotatable bonds is 7. The van der Waals surface area contributed by atoms with Crippen LogP contribution in [0.1, 0.15) is 26.7 Å². The maximum Gasteiger partial charge on any atom is 0.373 e. The molecule has 0 atom stereocenters. The van der Waals surface area contributed by atoms with Crippen LogP contribution in [0.15, 0.2) is 45.7 Å². The predicted molar refractivity (Wildman–Crippen MR) is 89.6 cm³/mol. The zero-order chi connectivity index (χ0) is 19.2. The molecule has 1 N–H and O–H groups in total. The standard InChI is InChI=1S/C17H15NO7S/c1-3-10-18-26(21,22)14-7-4-12(5-8-14)16(19)24-11-13-6-9-15(25-13)17(20)23-2/h1,4-9,18H,10-11H2,2H3. The topological polar surface area (TPSA) is 112 Å². The minimum absolute atomic E-state index is 0.00687. The molecule has 0 saturated heterocycles. The van der Waals surface area contributed by atoms with Gasteiger partial charge in [-0.1, -0.05) is 5.92 Å². The van der Waals surface area contributed by atoms with E-state index in [-0.39, 0.29) is 35.1 Å². The Bertz CT molecular complexity index is 936. The number of carbonyl (C=O) groups excluding carboxylic acids is 2. The van der Waals surface area contributed by atoms with Crippen LogP contribution in [0.5, 0.6) is 0 Å². The Balaban J connectivity index is 1.99. The van der Waals surface area contributed by atoms with E-state index >= 15 is 0 Å². The molecule has 2 aromatic rings. The summed E-state index contributed by atoms with van der Waals surface area (Å²) in [5.41, 5.74) is 0.153. The largest absolute Gasteiger partial charge is 0.463 e. The highest BCUT2D eigenvalue weighted by molar-refractivity contribution is 7.89. The number of hydrogen-bond donors (Lipinski definition) is 1. The van der Waals surface area contributed by atoms with Crippen molar-refractivity contribution < 1.29 is 31.9 Å². The van der Waals surface area contributed by atoms with E-state index in [0.29, 0.717) is 0 Å². The van der Waals surface area contributed by atoms with E-state index in [2.05, 4.69) is 15.4 Å². The summed E-state index contributed by atoms with van der Waals surface area (Å²) in [5, 5.41) is 0. The van der Waals surface area contributed by atoms with Crippen molar-refractivity contribution >= 4 is 22.0 Å². The monoisotopic (exact) mass is 377 g/mol. The molecule has 136 valence electrons. The summed E-state index contributed by atoms with van der Waals surface area (Å²) in [4.78, 5) is 23.2. The predicted octanol–water partition coefficient (Wildman–Crippen LogP) is 1.33. The molecule has 0 unspecified atom stereocenters. The summed E-state index contributed by atoms with van der Waals surface area (Å²) in [5.74, 6) is 1.10. The van der Waals surface area contributed by atoms with Gasteiger partial charge in [0.05, 0.1) is 24.1 Å². The minimum atomic E-state index is -3.73. The molecule has 0 aliphatic heterocycles. The van der Waals surface area contributed by atoms with Crippen molar-refractivity contribution in [3.8, 4) is 12.3 Å². The summed E-state index contributed by atoms with van der Waals surface area (Å²) in [6.07, 6.45) is 5.01. The van der Waals surface area contributed by atoms with Crippen molar-refractivity contribution in [2.24, 2.45) is 0 Å². The molecule has 0 aliphatic carbocycles. The molecule has 0 spiro atoms. The quantitative estimate of drug-likeness (QED) is 0.572. The number of sulfonamides is 1. The second kappa shape index (κ2) is 8.33. The van der Waals surface area contributed by atoms with E-state index in [1.807, 2.05) is 0 Å². The molecule has 9 heteroatoms. The van der Waals surface area contributed by atoms with Crippen LogP contribution in [-0.4, -0.2) is 34.0 Å². The van der Waals surface area contributed by atoms with Gasteiger partial charge in [0.15, 0.2) is 0 Å². The molecular formula is C17H15NO7S. The average Bonchev–Trinajstić information content (AvgIpc) is 3.13. The van der Waals surface area contributed by atoms with Crippen LogP contribution in [0, 0.1) is 12.3 Å². The summed E-state index contributed by atoms with van der Waals surface area (Å²) < 4.78 is 40.7. The van der Waals surface area contributed by atoms with E-state index < -0.39 is 22.0 Å². The van der Waals surface area contributed by atoms with Crippen LogP contribution in [0.4, 0.5) is 0 Å². The van der Waals surface area contributed by atoms with E-state index in [1.165, 1.54) is 43.5 Å². The van der Waals surface area contributed by atoms with Crippen molar-refractivity contribution in [3.05, 3.63) is 53.5 Å². The highest BCUT2D eigenvalue weighted by Gasteiger charge is 2.16. The van der Waals surface area contributed by atoms with Gasteiger partial charge in [0, 0.05) is 0 Å². The van der Waals surface area contributed by atoms with Crippen molar-refractivity contribution in [1.29, 1.82) is 0 Å². The molecule has 0 radical (unpaired) electrons. The van der Waals surface area contributed by atoms with Gasteiger partial charge in [-0.2, -0.15) is 4.72 Å². The number of ether oxygens (including phenoxy) is 2. The van der Waals surface area contributed by atoms with Crippen LogP contribution in [-0.2, 0) is 26.1 Å². The third-order valence-corrected chi connectivity index (χ3v) is 4.58.